The van der Waals surface area contributed by atoms with Gasteiger partial charge in [0, 0.05) is 0 Å². The summed E-state index contributed by atoms with van der Waals surface area (Å²) < 4.78 is 83.9. The summed E-state index contributed by atoms with van der Waals surface area (Å²) in [5, 5.41) is 0. The minimum Gasteiger partial charge on any atom is -0.444 e. The van der Waals surface area contributed by atoms with Gasteiger partial charge < -0.3 is 18.9 Å². The van der Waals surface area contributed by atoms with Crippen LogP contribution in [-0.2, 0) is 60.8 Å². The van der Waals surface area contributed by atoms with Gasteiger partial charge in [-0.3, -0.25) is 13.3 Å². The maximum absolute atomic E-state index is 13.7. The van der Waals surface area contributed by atoms with Crippen molar-refractivity contribution in [2.24, 2.45) is 0 Å². The highest BCUT2D eigenvalue weighted by Crippen LogP contribution is 2.35. The lowest BCUT2D eigenvalue weighted by Gasteiger charge is -2.41. The van der Waals surface area contributed by atoms with Gasteiger partial charge in [-0.25, -0.2) is 4.79 Å². The largest absolute Gasteiger partial charge is 0.444 e. The molecule has 0 unspecified atom stereocenters. The minimum absolute atomic E-state index is 0.0245. The molecular formula is C32H47NO11S2. The second-order valence-corrected chi connectivity index (χ2v) is 15.9. The van der Waals surface area contributed by atoms with Crippen LogP contribution in [0.15, 0.2) is 60.7 Å². The molecule has 1 fully saturated rings. The Morgan fingerprint density at radius 3 is 1.96 bits per heavy atom. The van der Waals surface area contributed by atoms with Crippen LogP contribution in [0.25, 0.3) is 0 Å². The molecule has 0 aliphatic carbocycles. The normalized spacial score (nSPS) is 19.0. The lowest BCUT2D eigenvalue weighted by molar-refractivity contribution is -0.149. The predicted molar refractivity (Wildman–Crippen MR) is 172 cm³/mol. The van der Waals surface area contributed by atoms with Crippen LogP contribution in [0.2, 0.25) is 0 Å². The van der Waals surface area contributed by atoms with E-state index in [-0.39, 0.29) is 39.3 Å². The number of carbonyl (C=O) groups excluding carboxylic acids is 1. The van der Waals surface area contributed by atoms with Gasteiger partial charge in [-0.05, 0) is 58.6 Å². The van der Waals surface area contributed by atoms with Gasteiger partial charge >= 0.3 is 6.09 Å². The summed E-state index contributed by atoms with van der Waals surface area (Å²) in [7, 11) is -7.78. The molecule has 258 valence electrons. The Morgan fingerprint density at radius 2 is 1.46 bits per heavy atom. The third-order valence-electron chi connectivity index (χ3n) is 6.98. The van der Waals surface area contributed by atoms with Gasteiger partial charge in [-0.1, -0.05) is 60.7 Å². The van der Waals surface area contributed by atoms with Crippen molar-refractivity contribution < 1.29 is 48.9 Å². The first-order valence-corrected chi connectivity index (χ1v) is 18.7. The first-order chi connectivity index (χ1) is 21.3. The third-order valence-corrected chi connectivity index (χ3v) is 8.17. The monoisotopic (exact) mass is 685 g/mol. The number of rotatable bonds is 16. The molecular weight excluding hydrogens is 638 g/mol. The smallest absolute Gasteiger partial charge is 0.412 e. The third kappa shape index (κ3) is 12.5. The summed E-state index contributed by atoms with van der Waals surface area (Å²) in [6, 6.07) is 17.8. The van der Waals surface area contributed by atoms with Crippen molar-refractivity contribution >= 4 is 26.3 Å². The van der Waals surface area contributed by atoms with Crippen LogP contribution >= 0.6 is 0 Å². The van der Waals surface area contributed by atoms with Crippen LogP contribution in [0.5, 0.6) is 0 Å². The van der Waals surface area contributed by atoms with Crippen molar-refractivity contribution in [3.8, 4) is 0 Å². The molecule has 0 spiro atoms. The summed E-state index contributed by atoms with van der Waals surface area (Å²) in [6.07, 6.45) is -1.89. The van der Waals surface area contributed by atoms with Gasteiger partial charge in [0.25, 0.3) is 20.2 Å². The van der Waals surface area contributed by atoms with E-state index in [4.69, 9.17) is 27.3 Å². The molecule has 1 aliphatic rings. The minimum atomic E-state index is -4.05. The summed E-state index contributed by atoms with van der Waals surface area (Å²) >= 11 is 0. The van der Waals surface area contributed by atoms with E-state index < -0.39 is 62.0 Å². The fourth-order valence-electron chi connectivity index (χ4n) is 5.10. The molecule has 3 rings (SSSR count). The Bertz CT molecular complexity index is 1460. The van der Waals surface area contributed by atoms with E-state index >= 15 is 0 Å². The molecule has 1 amide bonds. The Morgan fingerprint density at radius 1 is 0.913 bits per heavy atom. The second-order valence-electron chi connectivity index (χ2n) is 12.7. The lowest BCUT2D eigenvalue weighted by atomic mass is 9.96. The van der Waals surface area contributed by atoms with Gasteiger partial charge in [0.1, 0.15) is 29.6 Å². The van der Waals surface area contributed by atoms with Gasteiger partial charge in [0.15, 0.2) is 0 Å². The van der Waals surface area contributed by atoms with Crippen molar-refractivity contribution in [3.05, 3.63) is 71.8 Å². The maximum atomic E-state index is 13.7. The van der Waals surface area contributed by atoms with Crippen molar-refractivity contribution in [1.29, 1.82) is 0 Å². The quantitative estimate of drug-likeness (QED) is 0.180. The van der Waals surface area contributed by atoms with Crippen molar-refractivity contribution in [3.63, 3.8) is 0 Å². The average Bonchev–Trinajstić information content (AvgIpc) is 3.26. The summed E-state index contributed by atoms with van der Waals surface area (Å²) in [6.45, 7) is 8.72. The molecule has 0 bridgehead atoms. The molecule has 0 aromatic heterocycles. The fraction of sp³-hybridized carbons (Fsp3) is 0.594. The van der Waals surface area contributed by atoms with E-state index in [0.717, 1.165) is 23.6 Å². The highest BCUT2D eigenvalue weighted by molar-refractivity contribution is 7.86. The Labute approximate surface area is 273 Å². The lowest BCUT2D eigenvalue weighted by Crippen LogP contribution is -2.58. The van der Waals surface area contributed by atoms with E-state index in [2.05, 4.69) is 0 Å². The zero-order valence-electron chi connectivity index (χ0n) is 27.6. The van der Waals surface area contributed by atoms with Gasteiger partial charge in [0.2, 0.25) is 0 Å². The number of amides is 1. The van der Waals surface area contributed by atoms with Crippen LogP contribution < -0.4 is 0 Å². The standard InChI is InChI=1S/C32H47NO11S2/c1-31(2,3)43-30(34)33-26(23-41-32(33,4)5)28(39-21-24-15-10-8-11-16-24)29(40-22-25-17-12-9-13-18-25)27(44-46(7,37)38)19-14-20-42-45(6,35)36/h8-13,15-18,26-29H,14,19-23H2,1-7H3/t26-,27+,28-,29-/m1/s1. The zero-order chi connectivity index (χ0) is 34.2. The molecule has 1 aliphatic heterocycles. The Balaban J connectivity index is 2.09. The SMILES string of the molecule is CC(C)(C)OC(=O)N1[C@@H]([C@@H](OCc2ccccc2)[C@H](OCc2ccccc2)[C@H](CCCOS(C)(=O)=O)OS(C)(=O)=O)COC1(C)C. The molecule has 14 heteroatoms. The number of ether oxygens (including phenoxy) is 4. The number of nitrogens with zero attached hydrogens (tertiary/aromatic N) is 1. The van der Waals surface area contributed by atoms with Crippen LogP contribution in [0.1, 0.15) is 58.6 Å². The molecule has 46 heavy (non-hydrogen) atoms. The summed E-state index contributed by atoms with van der Waals surface area (Å²) in [5.74, 6) is 0. The predicted octanol–water partition coefficient (Wildman–Crippen LogP) is 4.63. The van der Waals surface area contributed by atoms with E-state index in [0.29, 0.717) is 0 Å². The van der Waals surface area contributed by atoms with Crippen LogP contribution in [0, 0.1) is 0 Å². The molecule has 1 saturated heterocycles. The molecule has 0 radical (unpaired) electrons. The highest BCUT2D eigenvalue weighted by Gasteiger charge is 2.52. The van der Waals surface area contributed by atoms with E-state index in [1.165, 1.54) is 4.90 Å². The molecule has 2 aromatic carbocycles. The summed E-state index contributed by atoms with van der Waals surface area (Å²) in [4.78, 5) is 15.2. The second kappa shape index (κ2) is 16.0. The number of hydrogen-bond donors (Lipinski definition) is 0. The van der Waals surface area contributed by atoms with E-state index in [1.807, 2.05) is 60.7 Å². The molecule has 0 saturated carbocycles. The molecule has 1 heterocycles. The Kier molecular flexibility index (Phi) is 13.2. The first kappa shape index (κ1) is 37.9. The summed E-state index contributed by atoms with van der Waals surface area (Å²) in [5.41, 5.74) is -0.286. The molecule has 12 nitrogen and oxygen atoms in total. The van der Waals surface area contributed by atoms with Gasteiger partial charge in [0.05, 0.1) is 45.0 Å². The van der Waals surface area contributed by atoms with Crippen molar-refractivity contribution in [2.75, 3.05) is 25.7 Å². The van der Waals surface area contributed by atoms with Gasteiger partial charge in [-0.15, -0.1) is 0 Å². The molecule has 0 N–H and O–H groups in total. The number of carbonyl (C=O) groups is 1. The first-order valence-electron chi connectivity index (χ1n) is 15.0. The average molecular weight is 686 g/mol. The van der Waals surface area contributed by atoms with Crippen LogP contribution in [0.3, 0.4) is 0 Å². The molecule has 2 aromatic rings. The maximum Gasteiger partial charge on any atom is 0.412 e. The highest BCUT2D eigenvalue weighted by atomic mass is 32.2. The van der Waals surface area contributed by atoms with Crippen molar-refractivity contribution in [2.45, 2.75) is 96.4 Å². The van der Waals surface area contributed by atoms with Crippen LogP contribution in [-0.4, -0.2) is 89.2 Å². The molecule has 4 atom stereocenters. The Hall–Kier alpha value is -2.59. The van der Waals surface area contributed by atoms with E-state index in [9.17, 15) is 21.6 Å². The number of benzene rings is 2. The van der Waals surface area contributed by atoms with Crippen LogP contribution in [0.4, 0.5) is 4.79 Å². The van der Waals surface area contributed by atoms with E-state index in [1.54, 1.807) is 34.6 Å². The topological polar surface area (TPSA) is 144 Å². The van der Waals surface area contributed by atoms with Crippen molar-refractivity contribution in [1.82, 2.24) is 4.90 Å². The number of hydrogen-bond acceptors (Lipinski definition) is 11. The fourth-order valence-corrected chi connectivity index (χ4v) is 6.17. The van der Waals surface area contributed by atoms with Gasteiger partial charge in [-0.2, -0.15) is 16.8 Å². The zero-order valence-corrected chi connectivity index (χ0v) is 29.2.